The number of hydrogen-bond acceptors (Lipinski definition) is 4. The van der Waals surface area contributed by atoms with Gasteiger partial charge in [0.1, 0.15) is 5.10 Å². The fourth-order valence-corrected chi connectivity index (χ4v) is 2.39. The second-order valence-corrected chi connectivity index (χ2v) is 4.79. The van der Waals surface area contributed by atoms with Gasteiger partial charge in [-0.2, -0.15) is 0 Å². The summed E-state index contributed by atoms with van der Waals surface area (Å²) in [4.78, 5) is 16.9. The van der Waals surface area contributed by atoms with Crippen LogP contribution in [0.2, 0.25) is 4.47 Å². The van der Waals surface area contributed by atoms with Crippen molar-refractivity contribution < 1.29 is 5.03 Å². The molecule has 7 nitrogen and oxygen atoms in total. The van der Waals surface area contributed by atoms with Crippen LogP contribution < -0.4 is 5.32 Å². The van der Waals surface area contributed by atoms with Crippen LogP contribution in [-0.4, -0.2) is 34.0 Å². The third-order valence-electron chi connectivity index (χ3n) is 2.01. The quantitative estimate of drug-likeness (QED) is 0.641. The lowest BCUT2D eigenvalue weighted by molar-refractivity contribution is -0.485. The van der Waals surface area contributed by atoms with E-state index in [2.05, 4.69) is 15.4 Å². The van der Waals surface area contributed by atoms with Crippen molar-refractivity contribution in [1.29, 1.82) is 0 Å². The van der Waals surface area contributed by atoms with E-state index in [1.165, 1.54) is 11.3 Å². The van der Waals surface area contributed by atoms with Gasteiger partial charge in [0.2, 0.25) is 0 Å². The van der Waals surface area contributed by atoms with Gasteiger partial charge in [-0.1, -0.05) is 11.6 Å². The van der Waals surface area contributed by atoms with Crippen LogP contribution in [-0.2, 0) is 6.54 Å². The molecule has 16 heavy (non-hydrogen) atoms. The maximum Gasteiger partial charge on any atom is 0.271 e. The van der Waals surface area contributed by atoms with Crippen LogP contribution in [0.4, 0.5) is 0 Å². The molecular formula is C7H8ClN5O2S. The van der Waals surface area contributed by atoms with E-state index in [-0.39, 0.29) is 5.96 Å². The topological polar surface area (TPSA) is 83.7 Å². The van der Waals surface area contributed by atoms with Gasteiger partial charge in [-0.05, 0) is 0 Å². The molecule has 9 heteroatoms. The Kier molecular flexibility index (Phi) is 3.20. The molecule has 1 fully saturated rings. The largest absolute Gasteiger partial charge is 0.349 e. The minimum atomic E-state index is -0.708. The van der Waals surface area contributed by atoms with Crippen LogP contribution in [0.15, 0.2) is 11.3 Å². The Hall–Kier alpha value is -1.41. The zero-order valence-electron chi connectivity index (χ0n) is 8.09. The van der Waals surface area contributed by atoms with Crippen molar-refractivity contribution in [2.45, 2.75) is 6.54 Å². The van der Waals surface area contributed by atoms with Crippen LogP contribution in [0, 0.1) is 10.1 Å². The smallest absolute Gasteiger partial charge is 0.271 e. The Bertz CT molecular complexity index is 434. The molecule has 0 radical (unpaired) electrons. The maximum atomic E-state index is 10.3. The average Bonchev–Trinajstić information content (AvgIpc) is 2.77. The molecule has 1 saturated heterocycles. The van der Waals surface area contributed by atoms with Gasteiger partial charge in [0.25, 0.3) is 5.96 Å². The molecule has 2 rings (SSSR count). The zero-order chi connectivity index (χ0) is 11.5. The molecule has 1 aliphatic rings. The van der Waals surface area contributed by atoms with Gasteiger partial charge in [0.15, 0.2) is 9.50 Å². The molecule has 0 aliphatic carbocycles. The summed E-state index contributed by atoms with van der Waals surface area (Å²) in [6, 6.07) is 0. The van der Waals surface area contributed by atoms with E-state index >= 15 is 0 Å². The molecular weight excluding hydrogens is 254 g/mol. The van der Waals surface area contributed by atoms with Crippen molar-refractivity contribution in [3.63, 3.8) is 0 Å². The molecule has 1 aromatic heterocycles. The van der Waals surface area contributed by atoms with Crippen LogP contribution in [0.3, 0.4) is 0 Å². The summed E-state index contributed by atoms with van der Waals surface area (Å²) in [5.41, 5.74) is 0. The third-order valence-corrected chi connectivity index (χ3v) is 3.11. The summed E-state index contributed by atoms with van der Waals surface area (Å²) >= 11 is 7.06. The lowest BCUT2D eigenvalue weighted by atomic mass is 10.5. The second-order valence-electron chi connectivity index (χ2n) is 3.09. The van der Waals surface area contributed by atoms with E-state index in [1.54, 1.807) is 11.1 Å². The first kappa shape index (κ1) is 11.1. The van der Waals surface area contributed by atoms with E-state index < -0.39 is 5.03 Å². The molecule has 0 spiro atoms. The van der Waals surface area contributed by atoms with Gasteiger partial charge < -0.3 is 10.2 Å². The fraction of sp³-hybridized carbons (Fsp3) is 0.429. The Morgan fingerprint density at radius 1 is 1.81 bits per heavy atom. The average molecular weight is 262 g/mol. The molecule has 1 N–H and O–H groups in total. The molecule has 1 aromatic rings. The standard InChI is InChI=1S/C7H8ClN5O2S/c8-6-10-3-5(16-6)4-12-2-1-9-7(12)11-13(14)15/h3H,1-2,4H2,(H,9,11). The highest BCUT2D eigenvalue weighted by molar-refractivity contribution is 7.15. The Morgan fingerprint density at radius 2 is 2.62 bits per heavy atom. The minimum Gasteiger partial charge on any atom is -0.349 e. The van der Waals surface area contributed by atoms with Crippen molar-refractivity contribution >= 4 is 28.9 Å². The number of aromatic nitrogens is 1. The van der Waals surface area contributed by atoms with Gasteiger partial charge in [0.05, 0.1) is 6.54 Å². The first-order valence-electron chi connectivity index (χ1n) is 4.47. The summed E-state index contributed by atoms with van der Waals surface area (Å²) in [6.07, 6.45) is 1.66. The summed E-state index contributed by atoms with van der Waals surface area (Å²) in [6.45, 7) is 1.87. The number of nitrogens with zero attached hydrogens (tertiary/aromatic N) is 4. The van der Waals surface area contributed by atoms with Crippen molar-refractivity contribution in [3.05, 3.63) is 25.7 Å². The number of hydrogen-bond donors (Lipinski definition) is 1. The van der Waals surface area contributed by atoms with Gasteiger partial charge >= 0.3 is 0 Å². The molecule has 0 atom stereocenters. The van der Waals surface area contributed by atoms with Crippen LogP contribution >= 0.6 is 22.9 Å². The fourth-order valence-electron chi connectivity index (χ4n) is 1.40. The molecule has 86 valence electrons. The van der Waals surface area contributed by atoms with Crippen LogP contribution in [0.1, 0.15) is 4.88 Å². The molecule has 0 aromatic carbocycles. The molecule has 0 bridgehead atoms. The summed E-state index contributed by atoms with van der Waals surface area (Å²) in [5.74, 6) is 0.287. The Morgan fingerprint density at radius 3 is 3.25 bits per heavy atom. The first-order valence-corrected chi connectivity index (χ1v) is 5.66. The highest BCUT2D eigenvalue weighted by Gasteiger charge is 2.22. The van der Waals surface area contributed by atoms with Gasteiger partial charge in [-0.3, -0.25) is 0 Å². The monoisotopic (exact) mass is 261 g/mol. The number of nitro groups is 1. The number of guanidine groups is 1. The van der Waals surface area contributed by atoms with E-state index in [1.807, 2.05) is 0 Å². The second kappa shape index (κ2) is 4.62. The summed E-state index contributed by atoms with van der Waals surface area (Å²) < 4.78 is 0.468. The summed E-state index contributed by atoms with van der Waals surface area (Å²) in [5, 5.41) is 15.7. The molecule has 2 heterocycles. The minimum absolute atomic E-state index is 0.287. The molecule has 0 saturated carbocycles. The van der Waals surface area contributed by atoms with Crippen molar-refractivity contribution in [2.75, 3.05) is 13.1 Å². The number of nitrogens with one attached hydrogen (secondary N) is 1. The number of thiazole rings is 1. The van der Waals surface area contributed by atoms with E-state index in [0.29, 0.717) is 24.1 Å². The normalized spacial score (nSPS) is 17.8. The number of rotatable bonds is 3. The number of hydrazone groups is 1. The predicted octanol–water partition coefficient (Wildman–Crippen LogP) is 0.749. The molecule has 0 amide bonds. The highest BCUT2D eigenvalue weighted by atomic mass is 35.5. The van der Waals surface area contributed by atoms with Crippen molar-refractivity contribution in [1.82, 2.24) is 15.2 Å². The van der Waals surface area contributed by atoms with Crippen LogP contribution in [0.5, 0.6) is 0 Å². The molecule has 0 unspecified atom stereocenters. The number of halogens is 1. The highest BCUT2D eigenvalue weighted by Crippen LogP contribution is 2.19. The summed E-state index contributed by atoms with van der Waals surface area (Å²) in [7, 11) is 0. The molecule has 1 aliphatic heterocycles. The van der Waals surface area contributed by atoms with Crippen molar-refractivity contribution in [2.24, 2.45) is 5.10 Å². The Labute approximate surface area is 99.9 Å². The third kappa shape index (κ3) is 2.58. The predicted molar refractivity (Wildman–Crippen MR) is 60.0 cm³/mol. The Balaban J connectivity index is 2.06. The van der Waals surface area contributed by atoms with Gasteiger partial charge in [-0.15, -0.1) is 11.3 Å². The first-order chi connectivity index (χ1) is 7.65. The van der Waals surface area contributed by atoms with Gasteiger partial charge in [-0.25, -0.2) is 15.1 Å². The van der Waals surface area contributed by atoms with E-state index in [0.717, 1.165) is 4.88 Å². The van der Waals surface area contributed by atoms with Crippen molar-refractivity contribution in [3.8, 4) is 0 Å². The lowest BCUT2D eigenvalue weighted by Gasteiger charge is -2.13. The van der Waals surface area contributed by atoms with Crippen LogP contribution in [0.25, 0.3) is 0 Å². The van der Waals surface area contributed by atoms with Gasteiger partial charge in [0, 0.05) is 24.2 Å². The SMILES string of the molecule is O=[N+]([O-])N=C1NCCN1Cc1cnc(Cl)s1. The van der Waals surface area contributed by atoms with E-state index in [9.17, 15) is 10.1 Å². The zero-order valence-corrected chi connectivity index (χ0v) is 9.66. The maximum absolute atomic E-state index is 10.3. The lowest BCUT2D eigenvalue weighted by Crippen LogP contribution is -2.30. The van der Waals surface area contributed by atoms with E-state index in [4.69, 9.17) is 11.6 Å².